The number of hydrogen-bond donors (Lipinski definition) is 1. The maximum absolute atomic E-state index is 12.2. The number of halogens is 2. The molecule has 1 rings (SSSR count). The number of amides is 2. The van der Waals surface area contributed by atoms with Gasteiger partial charge in [0.15, 0.2) is 0 Å². The Labute approximate surface area is 157 Å². The van der Waals surface area contributed by atoms with E-state index in [9.17, 15) is 9.59 Å². The molecule has 1 atom stereocenters. The van der Waals surface area contributed by atoms with Crippen LogP contribution < -0.4 is 5.73 Å². The molecule has 0 bridgehead atoms. The summed E-state index contributed by atoms with van der Waals surface area (Å²) in [5.41, 5.74) is 5.81. The van der Waals surface area contributed by atoms with Crippen molar-refractivity contribution < 1.29 is 14.3 Å². The van der Waals surface area contributed by atoms with E-state index in [-0.39, 0.29) is 43.2 Å². The first-order valence-corrected chi connectivity index (χ1v) is 8.06. The minimum Gasteiger partial charge on any atom is -0.383 e. The number of carbonyl (C=O) groups is 2. The highest BCUT2D eigenvalue weighted by molar-refractivity contribution is 5.85. The maximum atomic E-state index is 12.2. The van der Waals surface area contributed by atoms with Gasteiger partial charge in [0, 0.05) is 46.4 Å². The molecule has 144 valence electrons. The van der Waals surface area contributed by atoms with Crippen LogP contribution in [0.3, 0.4) is 0 Å². The lowest BCUT2D eigenvalue weighted by atomic mass is 10.2. The predicted molar refractivity (Wildman–Crippen MR) is 99.9 cm³/mol. The van der Waals surface area contributed by atoms with E-state index in [1.807, 2.05) is 18.7 Å². The molecule has 1 aliphatic rings. The van der Waals surface area contributed by atoms with Crippen LogP contribution >= 0.6 is 24.8 Å². The molecule has 0 spiro atoms. The summed E-state index contributed by atoms with van der Waals surface area (Å²) in [5, 5.41) is 0. The van der Waals surface area contributed by atoms with Crippen LogP contribution in [-0.2, 0) is 14.3 Å². The quantitative estimate of drug-likeness (QED) is 0.676. The second-order valence-corrected chi connectivity index (χ2v) is 5.58. The Balaban J connectivity index is 0. The van der Waals surface area contributed by atoms with E-state index in [1.54, 1.807) is 4.90 Å². The predicted octanol–water partition coefficient (Wildman–Crippen LogP) is 0.206. The molecule has 1 unspecified atom stereocenters. The summed E-state index contributed by atoms with van der Waals surface area (Å²) in [7, 11) is 1.54. The van der Waals surface area contributed by atoms with E-state index in [0.29, 0.717) is 26.2 Å². The van der Waals surface area contributed by atoms with E-state index < -0.39 is 6.04 Å². The molecular formula is C15H32Cl2N4O3. The largest absolute Gasteiger partial charge is 0.383 e. The number of carbonyl (C=O) groups excluding carboxylic acids is 2. The monoisotopic (exact) mass is 386 g/mol. The highest BCUT2D eigenvalue weighted by Crippen LogP contribution is 2.06. The minimum atomic E-state index is -0.603. The zero-order valence-corrected chi connectivity index (χ0v) is 16.5. The Morgan fingerprint density at radius 2 is 1.75 bits per heavy atom. The molecule has 0 aromatic heterocycles. The smallest absolute Gasteiger partial charge is 0.241 e. The Morgan fingerprint density at radius 1 is 1.12 bits per heavy atom. The van der Waals surface area contributed by atoms with Gasteiger partial charge in [-0.15, -0.1) is 24.8 Å². The number of nitrogens with zero attached hydrogens (tertiary/aromatic N) is 3. The lowest BCUT2D eigenvalue weighted by molar-refractivity contribution is -0.133. The minimum absolute atomic E-state index is 0. The first-order valence-electron chi connectivity index (χ1n) is 8.06. The summed E-state index contributed by atoms with van der Waals surface area (Å²) < 4.78 is 4.94. The standard InChI is InChI=1S/C15H30N4O3.2ClH/c1-4-18(5-2)14(20)11-17-7-6-8-19(10-9-17)15(21)13(16)12-22-3;;/h13H,4-12,16H2,1-3H3;2*1H. The fourth-order valence-electron chi connectivity index (χ4n) is 2.70. The highest BCUT2D eigenvalue weighted by Gasteiger charge is 2.24. The summed E-state index contributed by atoms with van der Waals surface area (Å²) in [6.07, 6.45) is 0.858. The Kier molecular flexibility index (Phi) is 14.6. The van der Waals surface area contributed by atoms with Crippen molar-refractivity contribution in [2.75, 3.05) is 59.5 Å². The Hall–Kier alpha value is -0.600. The van der Waals surface area contributed by atoms with E-state index in [2.05, 4.69) is 4.90 Å². The topological polar surface area (TPSA) is 79.1 Å². The van der Waals surface area contributed by atoms with Crippen LogP contribution in [0.25, 0.3) is 0 Å². The number of hydrogen-bond acceptors (Lipinski definition) is 5. The van der Waals surface area contributed by atoms with Gasteiger partial charge in [-0.05, 0) is 20.3 Å². The summed E-state index contributed by atoms with van der Waals surface area (Å²) >= 11 is 0. The molecule has 0 aliphatic carbocycles. The summed E-state index contributed by atoms with van der Waals surface area (Å²) in [4.78, 5) is 30.1. The summed E-state index contributed by atoms with van der Waals surface area (Å²) in [5.74, 6) is 0.0830. The number of methoxy groups -OCH3 is 1. The fraction of sp³-hybridized carbons (Fsp3) is 0.867. The van der Waals surface area contributed by atoms with Crippen molar-refractivity contribution in [1.29, 1.82) is 0 Å². The van der Waals surface area contributed by atoms with Gasteiger partial charge in [0.05, 0.1) is 13.2 Å². The molecule has 1 saturated heterocycles. The molecule has 1 aliphatic heterocycles. The molecule has 7 nitrogen and oxygen atoms in total. The van der Waals surface area contributed by atoms with Crippen LogP contribution in [0.2, 0.25) is 0 Å². The van der Waals surface area contributed by atoms with Crippen LogP contribution in [0.1, 0.15) is 20.3 Å². The summed E-state index contributed by atoms with van der Waals surface area (Å²) in [6, 6.07) is -0.603. The lowest BCUT2D eigenvalue weighted by Crippen LogP contribution is -2.47. The molecule has 24 heavy (non-hydrogen) atoms. The van der Waals surface area contributed by atoms with Crippen LogP contribution in [0.5, 0.6) is 0 Å². The third-order valence-corrected chi connectivity index (χ3v) is 4.04. The average Bonchev–Trinajstić information content (AvgIpc) is 2.73. The van der Waals surface area contributed by atoms with Crippen LogP contribution in [-0.4, -0.2) is 92.1 Å². The second-order valence-electron chi connectivity index (χ2n) is 5.58. The maximum Gasteiger partial charge on any atom is 0.241 e. The van der Waals surface area contributed by atoms with Gasteiger partial charge in [0.1, 0.15) is 6.04 Å². The van der Waals surface area contributed by atoms with Crippen molar-refractivity contribution in [1.82, 2.24) is 14.7 Å². The van der Waals surface area contributed by atoms with Crippen molar-refractivity contribution in [3.63, 3.8) is 0 Å². The van der Waals surface area contributed by atoms with Crippen molar-refractivity contribution >= 4 is 36.6 Å². The number of likely N-dealkylation sites (N-methyl/N-ethyl adjacent to an activating group) is 1. The lowest BCUT2D eigenvalue weighted by Gasteiger charge is -2.26. The average molecular weight is 387 g/mol. The molecule has 0 aromatic rings. The first kappa shape index (κ1) is 25.6. The van der Waals surface area contributed by atoms with E-state index in [0.717, 1.165) is 26.1 Å². The molecule has 0 saturated carbocycles. The molecule has 1 fully saturated rings. The van der Waals surface area contributed by atoms with Crippen molar-refractivity contribution in [3.8, 4) is 0 Å². The van der Waals surface area contributed by atoms with Gasteiger partial charge < -0.3 is 20.3 Å². The fourth-order valence-corrected chi connectivity index (χ4v) is 2.70. The van der Waals surface area contributed by atoms with Gasteiger partial charge in [0.2, 0.25) is 11.8 Å². The zero-order chi connectivity index (χ0) is 16.5. The normalized spacial score (nSPS) is 16.4. The van der Waals surface area contributed by atoms with Crippen molar-refractivity contribution in [3.05, 3.63) is 0 Å². The zero-order valence-electron chi connectivity index (χ0n) is 14.9. The molecular weight excluding hydrogens is 355 g/mol. The third kappa shape index (κ3) is 7.98. The van der Waals surface area contributed by atoms with Gasteiger partial charge in [-0.3, -0.25) is 14.5 Å². The van der Waals surface area contributed by atoms with Crippen LogP contribution in [0.15, 0.2) is 0 Å². The highest BCUT2D eigenvalue weighted by atomic mass is 35.5. The molecule has 9 heteroatoms. The number of rotatable bonds is 7. The van der Waals surface area contributed by atoms with Gasteiger partial charge in [-0.2, -0.15) is 0 Å². The SMILES string of the molecule is CCN(CC)C(=O)CN1CCCN(C(=O)C(N)COC)CC1.Cl.Cl. The Bertz CT molecular complexity index is 371. The van der Waals surface area contributed by atoms with Crippen LogP contribution in [0.4, 0.5) is 0 Å². The van der Waals surface area contributed by atoms with Crippen molar-refractivity contribution in [2.24, 2.45) is 5.73 Å². The molecule has 0 aromatic carbocycles. The van der Waals surface area contributed by atoms with E-state index in [4.69, 9.17) is 10.5 Å². The van der Waals surface area contributed by atoms with Crippen LogP contribution in [0, 0.1) is 0 Å². The Morgan fingerprint density at radius 3 is 2.29 bits per heavy atom. The number of nitrogens with two attached hydrogens (primary N) is 1. The van der Waals surface area contributed by atoms with Gasteiger partial charge in [0.25, 0.3) is 0 Å². The third-order valence-electron chi connectivity index (χ3n) is 4.04. The van der Waals surface area contributed by atoms with E-state index in [1.165, 1.54) is 7.11 Å². The summed E-state index contributed by atoms with van der Waals surface area (Å²) in [6.45, 7) is 8.94. The van der Waals surface area contributed by atoms with Gasteiger partial charge >= 0.3 is 0 Å². The number of ether oxygens (including phenoxy) is 1. The van der Waals surface area contributed by atoms with Gasteiger partial charge in [-0.1, -0.05) is 0 Å². The molecule has 2 amide bonds. The first-order chi connectivity index (χ1) is 10.5. The second kappa shape index (κ2) is 13.7. The molecule has 2 N–H and O–H groups in total. The van der Waals surface area contributed by atoms with E-state index >= 15 is 0 Å². The van der Waals surface area contributed by atoms with Crippen molar-refractivity contribution in [2.45, 2.75) is 26.3 Å². The molecule has 1 heterocycles. The van der Waals surface area contributed by atoms with Gasteiger partial charge in [-0.25, -0.2) is 0 Å². The molecule has 0 radical (unpaired) electrons.